The van der Waals surface area contributed by atoms with E-state index in [0.717, 1.165) is 50.9 Å². The lowest BCUT2D eigenvalue weighted by Crippen LogP contribution is -2.43. The van der Waals surface area contributed by atoms with Crippen molar-refractivity contribution in [2.45, 2.75) is 38.6 Å². The van der Waals surface area contributed by atoms with Crippen LogP contribution in [0.5, 0.6) is 5.75 Å². The minimum atomic E-state index is -0.00256. The Morgan fingerprint density at radius 2 is 2.05 bits per heavy atom. The molecular formula is C17H24N2O2. The predicted molar refractivity (Wildman–Crippen MR) is 82.5 cm³/mol. The molecule has 0 radical (unpaired) electrons. The van der Waals surface area contributed by atoms with Crippen molar-refractivity contribution in [1.29, 1.82) is 0 Å². The highest BCUT2D eigenvalue weighted by atomic mass is 16.3. The largest absolute Gasteiger partial charge is 0.507 e. The zero-order valence-electron chi connectivity index (χ0n) is 12.6. The molecule has 3 rings (SSSR count). The topological polar surface area (TPSA) is 52.6 Å². The smallest absolute Gasteiger partial charge is 0.257 e. The average molecular weight is 288 g/mol. The maximum atomic E-state index is 12.8. The second-order valence-electron chi connectivity index (χ2n) is 6.27. The summed E-state index contributed by atoms with van der Waals surface area (Å²) in [6.07, 6.45) is 4.47. The summed E-state index contributed by atoms with van der Waals surface area (Å²) >= 11 is 0. The van der Waals surface area contributed by atoms with Gasteiger partial charge in [-0.3, -0.25) is 4.79 Å². The van der Waals surface area contributed by atoms with Gasteiger partial charge in [0.05, 0.1) is 5.56 Å². The molecular weight excluding hydrogens is 264 g/mol. The van der Waals surface area contributed by atoms with E-state index in [-0.39, 0.29) is 11.7 Å². The second-order valence-corrected chi connectivity index (χ2v) is 6.27. The Morgan fingerprint density at radius 1 is 1.29 bits per heavy atom. The van der Waals surface area contributed by atoms with Gasteiger partial charge in [0.1, 0.15) is 5.75 Å². The standard InChI is InChI=1S/C17H24N2O2/c1-12-4-2-5-14(16(12)20)17(21)19-11-3-6-15(19)13-7-9-18-10-8-13/h2,4-5,13,15,18,20H,3,6-11H2,1H3. The summed E-state index contributed by atoms with van der Waals surface area (Å²) in [5.41, 5.74) is 1.22. The van der Waals surface area contributed by atoms with Crippen molar-refractivity contribution in [2.75, 3.05) is 19.6 Å². The van der Waals surface area contributed by atoms with Gasteiger partial charge in [-0.25, -0.2) is 0 Å². The molecule has 0 bridgehead atoms. The molecule has 2 heterocycles. The molecule has 114 valence electrons. The second kappa shape index (κ2) is 6.06. The van der Waals surface area contributed by atoms with Crippen molar-refractivity contribution in [3.8, 4) is 5.75 Å². The fourth-order valence-corrected chi connectivity index (χ4v) is 3.75. The number of phenolic OH excluding ortho intramolecular Hbond substituents is 1. The molecule has 2 N–H and O–H groups in total. The molecule has 2 aliphatic heterocycles. The van der Waals surface area contributed by atoms with E-state index in [1.165, 1.54) is 0 Å². The van der Waals surface area contributed by atoms with E-state index < -0.39 is 0 Å². The van der Waals surface area contributed by atoms with Gasteiger partial charge in [-0.2, -0.15) is 0 Å². The Bertz CT molecular complexity index is 524. The van der Waals surface area contributed by atoms with Gasteiger partial charge < -0.3 is 15.3 Å². The maximum Gasteiger partial charge on any atom is 0.257 e. The van der Waals surface area contributed by atoms with E-state index in [1.54, 1.807) is 6.07 Å². The fraction of sp³-hybridized carbons (Fsp3) is 0.588. The molecule has 0 spiro atoms. The third kappa shape index (κ3) is 2.77. The minimum absolute atomic E-state index is 0.00256. The van der Waals surface area contributed by atoms with Crippen molar-refractivity contribution >= 4 is 5.91 Å². The van der Waals surface area contributed by atoms with Gasteiger partial charge in [-0.05, 0) is 63.2 Å². The number of nitrogens with zero attached hydrogens (tertiary/aromatic N) is 1. The minimum Gasteiger partial charge on any atom is -0.507 e. The molecule has 0 aliphatic carbocycles. The highest BCUT2D eigenvalue weighted by molar-refractivity contribution is 5.97. The summed E-state index contributed by atoms with van der Waals surface area (Å²) in [6.45, 7) is 4.76. The predicted octanol–water partition coefficient (Wildman–Crippen LogP) is 2.30. The number of para-hydroxylation sites is 1. The van der Waals surface area contributed by atoms with Crippen LogP contribution in [-0.4, -0.2) is 41.6 Å². The molecule has 0 aromatic heterocycles. The van der Waals surface area contributed by atoms with Crippen LogP contribution in [0.3, 0.4) is 0 Å². The number of carbonyl (C=O) groups excluding carboxylic acids is 1. The molecule has 2 fully saturated rings. The monoisotopic (exact) mass is 288 g/mol. The highest BCUT2D eigenvalue weighted by Crippen LogP contribution is 2.32. The number of benzene rings is 1. The third-order valence-electron chi connectivity index (χ3n) is 4.96. The van der Waals surface area contributed by atoms with E-state index >= 15 is 0 Å². The van der Waals surface area contributed by atoms with Crippen LogP contribution in [0.2, 0.25) is 0 Å². The molecule has 1 aromatic carbocycles. The Morgan fingerprint density at radius 3 is 2.81 bits per heavy atom. The Hall–Kier alpha value is -1.55. The number of carbonyl (C=O) groups is 1. The molecule has 1 amide bonds. The summed E-state index contributed by atoms with van der Waals surface area (Å²) in [6, 6.07) is 5.76. The number of rotatable bonds is 2. The normalized spacial score (nSPS) is 23.5. The van der Waals surface area contributed by atoms with Crippen molar-refractivity contribution in [1.82, 2.24) is 10.2 Å². The Kier molecular flexibility index (Phi) is 4.15. The number of aromatic hydroxyl groups is 1. The Balaban J connectivity index is 1.81. The van der Waals surface area contributed by atoms with E-state index in [1.807, 2.05) is 24.0 Å². The highest BCUT2D eigenvalue weighted by Gasteiger charge is 2.36. The number of likely N-dealkylation sites (tertiary alicyclic amines) is 1. The van der Waals surface area contributed by atoms with Crippen LogP contribution in [0.4, 0.5) is 0 Å². The van der Waals surface area contributed by atoms with Crippen LogP contribution in [0.1, 0.15) is 41.6 Å². The van der Waals surface area contributed by atoms with E-state index in [9.17, 15) is 9.90 Å². The summed E-state index contributed by atoms with van der Waals surface area (Å²) in [5, 5.41) is 13.6. The molecule has 21 heavy (non-hydrogen) atoms. The first-order chi connectivity index (χ1) is 10.2. The molecule has 4 heteroatoms. The maximum absolute atomic E-state index is 12.8. The third-order valence-corrected chi connectivity index (χ3v) is 4.96. The van der Waals surface area contributed by atoms with Crippen molar-refractivity contribution < 1.29 is 9.90 Å². The lowest BCUT2D eigenvalue weighted by molar-refractivity contribution is 0.0663. The molecule has 1 atom stereocenters. The van der Waals surface area contributed by atoms with Gasteiger partial charge in [-0.1, -0.05) is 12.1 Å². The van der Waals surface area contributed by atoms with Gasteiger partial charge in [0.25, 0.3) is 5.91 Å². The quantitative estimate of drug-likeness (QED) is 0.878. The van der Waals surface area contributed by atoms with Crippen LogP contribution in [-0.2, 0) is 0 Å². The van der Waals surface area contributed by atoms with E-state index in [2.05, 4.69) is 5.32 Å². The Labute approximate surface area is 126 Å². The number of nitrogens with one attached hydrogen (secondary N) is 1. The first-order valence-electron chi connectivity index (χ1n) is 7.98. The number of amides is 1. The van der Waals surface area contributed by atoms with Crippen molar-refractivity contribution in [2.24, 2.45) is 5.92 Å². The summed E-state index contributed by atoms with van der Waals surface area (Å²) in [7, 11) is 0. The van der Waals surface area contributed by atoms with Gasteiger partial charge in [0.15, 0.2) is 0 Å². The number of hydrogen-bond acceptors (Lipinski definition) is 3. The number of phenols is 1. The summed E-state index contributed by atoms with van der Waals surface area (Å²) < 4.78 is 0. The molecule has 0 saturated carbocycles. The van der Waals surface area contributed by atoms with E-state index in [0.29, 0.717) is 17.5 Å². The summed E-state index contributed by atoms with van der Waals surface area (Å²) in [4.78, 5) is 14.8. The fourth-order valence-electron chi connectivity index (χ4n) is 3.75. The molecule has 2 saturated heterocycles. The zero-order valence-corrected chi connectivity index (χ0v) is 12.6. The molecule has 4 nitrogen and oxygen atoms in total. The zero-order chi connectivity index (χ0) is 14.8. The van der Waals surface area contributed by atoms with Gasteiger partial charge in [0, 0.05) is 12.6 Å². The van der Waals surface area contributed by atoms with Crippen LogP contribution in [0.15, 0.2) is 18.2 Å². The van der Waals surface area contributed by atoms with E-state index in [4.69, 9.17) is 0 Å². The average Bonchev–Trinajstić information content (AvgIpc) is 3.00. The summed E-state index contributed by atoms with van der Waals surface area (Å²) in [5.74, 6) is 0.736. The van der Waals surface area contributed by atoms with Crippen LogP contribution >= 0.6 is 0 Å². The first-order valence-corrected chi connectivity index (χ1v) is 7.98. The van der Waals surface area contributed by atoms with Gasteiger partial charge >= 0.3 is 0 Å². The molecule has 1 unspecified atom stereocenters. The lowest BCUT2D eigenvalue weighted by atomic mass is 9.88. The van der Waals surface area contributed by atoms with Crippen molar-refractivity contribution in [3.05, 3.63) is 29.3 Å². The number of aryl methyl sites for hydroxylation is 1. The molecule has 1 aromatic rings. The first kappa shape index (κ1) is 14.4. The lowest BCUT2D eigenvalue weighted by Gasteiger charge is -2.34. The van der Waals surface area contributed by atoms with Gasteiger partial charge in [0.2, 0.25) is 0 Å². The number of piperidine rings is 1. The van der Waals surface area contributed by atoms with Crippen LogP contribution in [0, 0.1) is 12.8 Å². The van der Waals surface area contributed by atoms with Crippen LogP contribution < -0.4 is 5.32 Å². The van der Waals surface area contributed by atoms with Gasteiger partial charge in [-0.15, -0.1) is 0 Å². The SMILES string of the molecule is Cc1cccc(C(=O)N2CCCC2C2CCNCC2)c1O. The van der Waals surface area contributed by atoms with Crippen LogP contribution in [0.25, 0.3) is 0 Å². The number of hydrogen-bond donors (Lipinski definition) is 2. The van der Waals surface area contributed by atoms with Crippen molar-refractivity contribution in [3.63, 3.8) is 0 Å². The molecule has 2 aliphatic rings.